The fraction of sp³-hybridized carbons (Fsp3) is 0.667. The van der Waals surface area contributed by atoms with Crippen molar-refractivity contribution in [2.45, 2.75) is 20.0 Å². The summed E-state index contributed by atoms with van der Waals surface area (Å²) < 4.78 is 0. The molecule has 0 aliphatic heterocycles. The van der Waals surface area contributed by atoms with Crippen molar-refractivity contribution in [3.8, 4) is 0 Å². The molecule has 0 aromatic rings. The smallest absolute Gasteiger partial charge is 0.0774 e. The van der Waals surface area contributed by atoms with Gasteiger partial charge in [0, 0.05) is 6.10 Å². The summed E-state index contributed by atoms with van der Waals surface area (Å²) in [6.45, 7) is 3.36. The van der Waals surface area contributed by atoms with Gasteiger partial charge >= 0.3 is 0 Å². The van der Waals surface area contributed by atoms with Crippen LogP contribution in [0.3, 0.4) is 0 Å². The minimum atomic E-state index is -0.167. The van der Waals surface area contributed by atoms with Crippen LogP contribution in [0, 0.1) is 0 Å². The summed E-state index contributed by atoms with van der Waals surface area (Å²) in [7, 11) is 0. The lowest BCUT2D eigenvalue weighted by Crippen LogP contribution is -1.85. The predicted molar refractivity (Wildman–Crippen MR) is 36.2 cm³/mol. The molecule has 3 heteroatoms. The van der Waals surface area contributed by atoms with Crippen LogP contribution in [0.1, 0.15) is 13.8 Å². The van der Waals surface area contributed by atoms with Crippen molar-refractivity contribution in [1.29, 1.82) is 0 Å². The largest absolute Gasteiger partial charge is 0.516 e. The fourth-order valence-corrected chi connectivity index (χ4v) is 0.0471. The van der Waals surface area contributed by atoms with Gasteiger partial charge in [-0.3, -0.25) is 0 Å². The third-order valence-electron chi connectivity index (χ3n) is 0.211. The van der Waals surface area contributed by atoms with E-state index in [0.717, 1.165) is 6.26 Å². The lowest BCUT2D eigenvalue weighted by atomic mass is 10.5. The standard InChI is InChI=1S/C3H6O2.C3H8O/c4-2-1-3-5;1-3(2)4/h1-2,4-5H,3H2;3-4H,1-2H3. The molecule has 56 valence electrons. The number of rotatable bonds is 1. The molecule has 0 fully saturated rings. The zero-order valence-corrected chi connectivity index (χ0v) is 5.78. The van der Waals surface area contributed by atoms with E-state index < -0.39 is 0 Å². The Morgan fingerprint density at radius 3 is 1.78 bits per heavy atom. The van der Waals surface area contributed by atoms with Crippen LogP contribution in [0.5, 0.6) is 0 Å². The first kappa shape index (κ1) is 11.3. The van der Waals surface area contributed by atoms with E-state index in [0.29, 0.717) is 0 Å². The van der Waals surface area contributed by atoms with Gasteiger partial charge in [-0.15, -0.1) is 0 Å². The molecule has 0 aliphatic carbocycles. The molecule has 0 atom stereocenters. The maximum atomic E-state index is 8.06. The van der Waals surface area contributed by atoms with Gasteiger partial charge < -0.3 is 15.3 Å². The Morgan fingerprint density at radius 1 is 1.44 bits per heavy atom. The van der Waals surface area contributed by atoms with Gasteiger partial charge in [0.2, 0.25) is 0 Å². The topological polar surface area (TPSA) is 60.7 Å². The highest BCUT2D eigenvalue weighted by molar-refractivity contribution is 4.67. The van der Waals surface area contributed by atoms with Crippen LogP contribution < -0.4 is 0 Å². The van der Waals surface area contributed by atoms with E-state index in [2.05, 4.69) is 0 Å². The highest BCUT2D eigenvalue weighted by atomic mass is 16.3. The minimum absolute atomic E-state index is 0.0868. The number of hydrogen-bond acceptors (Lipinski definition) is 3. The molecule has 0 saturated carbocycles. The number of hydrogen-bond donors (Lipinski definition) is 3. The maximum Gasteiger partial charge on any atom is 0.0774 e. The van der Waals surface area contributed by atoms with Crippen LogP contribution >= 0.6 is 0 Å². The molecule has 0 heterocycles. The van der Waals surface area contributed by atoms with Crippen LogP contribution in [0.25, 0.3) is 0 Å². The Kier molecular flexibility index (Phi) is 13.1. The van der Waals surface area contributed by atoms with Crippen LogP contribution in [0.2, 0.25) is 0 Å². The van der Waals surface area contributed by atoms with Crippen molar-refractivity contribution in [2.75, 3.05) is 6.61 Å². The Balaban J connectivity index is 0. The van der Waals surface area contributed by atoms with Gasteiger partial charge in [0.1, 0.15) is 0 Å². The molecule has 0 amide bonds. The van der Waals surface area contributed by atoms with Crippen molar-refractivity contribution < 1.29 is 15.3 Å². The monoisotopic (exact) mass is 134 g/mol. The molecule has 0 spiro atoms. The minimum Gasteiger partial charge on any atom is -0.516 e. The first-order chi connectivity index (χ1) is 4.15. The zero-order valence-electron chi connectivity index (χ0n) is 5.78. The van der Waals surface area contributed by atoms with Crippen molar-refractivity contribution in [3.63, 3.8) is 0 Å². The predicted octanol–water partition coefficient (Wildman–Crippen LogP) is 0.437. The first-order valence-electron chi connectivity index (χ1n) is 2.73. The second-order valence-electron chi connectivity index (χ2n) is 1.66. The van der Waals surface area contributed by atoms with E-state index in [1.165, 1.54) is 6.08 Å². The lowest BCUT2D eigenvalue weighted by molar-refractivity contribution is 0.216. The average molecular weight is 134 g/mol. The molecule has 0 rings (SSSR count). The summed E-state index contributed by atoms with van der Waals surface area (Å²) >= 11 is 0. The van der Waals surface area contributed by atoms with E-state index in [1.54, 1.807) is 13.8 Å². The zero-order chi connectivity index (χ0) is 7.70. The summed E-state index contributed by atoms with van der Waals surface area (Å²) in [5.74, 6) is 0. The first-order valence-corrected chi connectivity index (χ1v) is 2.73. The van der Waals surface area contributed by atoms with Gasteiger partial charge in [-0.1, -0.05) is 0 Å². The second kappa shape index (κ2) is 10.4. The number of aliphatic hydroxyl groups is 3. The lowest BCUT2D eigenvalue weighted by Gasteiger charge is -1.80. The number of aliphatic hydroxyl groups excluding tert-OH is 3. The molecule has 0 aromatic heterocycles. The van der Waals surface area contributed by atoms with Crippen molar-refractivity contribution in [3.05, 3.63) is 12.3 Å². The maximum absolute atomic E-state index is 8.06. The normalized spacial score (nSPS) is 9.44. The summed E-state index contributed by atoms with van der Waals surface area (Å²) in [4.78, 5) is 0. The van der Waals surface area contributed by atoms with E-state index >= 15 is 0 Å². The van der Waals surface area contributed by atoms with Crippen LogP contribution in [0.15, 0.2) is 12.3 Å². The van der Waals surface area contributed by atoms with Crippen LogP contribution in [-0.4, -0.2) is 28.0 Å². The Hall–Kier alpha value is -0.540. The summed E-state index contributed by atoms with van der Waals surface area (Å²) in [5.41, 5.74) is 0. The van der Waals surface area contributed by atoms with E-state index in [9.17, 15) is 0 Å². The third-order valence-corrected chi connectivity index (χ3v) is 0.211. The van der Waals surface area contributed by atoms with E-state index in [4.69, 9.17) is 15.3 Å². The molecule has 0 bridgehead atoms. The molecule has 3 N–H and O–H groups in total. The van der Waals surface area contributed by atoms with Crippen molar-refractivity contribution in [2.24, 2.45) is 0 Å². The summed E-state index contributed by atoms with van der Waals surface area (Å²) in [5, 5.41) is 23.6. The quantitative estimate of drug-likeness (QED) is 0.456. The van der Waals surface area contributed by atoms with Crippen LogP contribution in [-0.2, 0) is 0 Å². The highest BCUT2D eigenvalue weighted by Crippen LogP contribution is 1.65. The SMILES string of the molecule is CC(C)O.OC=CCO. The van der Waals surface area contributed by atoms with Gasteiger partial charge in [-0.25, -0.2) is 0 Å². The fourth-order valence-electron chi connectivity index (χ4n) is 0.0471. The molecule has 0 aliphatic rings. The molecule has 9 heavy (non-hydrogen) atoms. The Labute approximate surface area is 55.3 Å². The summed E-state index contributed by atoms with van der Waals surface area (Å²) in [6.07, 6.45) is 1.88. The van der Waals surface area contributed by atoms with Crippen molar-refractivity contribution >= 4 is 0 Å². The second-order valence-corrected chi connectivity index (χ2v) is 1.66. The molecule has 0 aromatic carbocycles. The van der Waals surface area contributed by atoms with Gasteiger partial charge in [0.05, 0.1) is 12.9 Å². The van der Waals surface area contributed by atoms with Gasteiger partial charge in [-0.2, -0.15) is 0 Å². The molecular weight excluding hydrogens is 120 g/mol. The van der Waals surface area contributed by atoms with Gasteiger partial charge in [0.15, 0.2) is 0 Å². The van der Waals surface area contributed by atoms with E-state index in [-0.39, 0.29) is 12.7 Å². The van der Waals surface area contributed by atoms with E-state index in [1.807, 2.05) is 0 Å². The Bertz CT molecular complexity index is 56.6. The summed E-state index contributed by atoms with van der Waals surface area (Å²) in [6, 6.07) is 0. The Morgan fingerprint density at radius 2 is 1.78 bits per heavy atom. The van der Waals surface area contributed by atoms with Gasteiger partial charge in [0.25, 0.3) is 0 Å². The molecule has 3 nitrogen and oxygen atoms in total. The third kappa shape index (κ3) is 104. The van der Waals surface area contributed by atoms with Crippen molar-refractivity contribution in [1.82, 2.24) is 0 Å². The molecule has 0 saturated heterocycles. The van der Waals surface area contributed by atoms with Crippen LogP contribution in [0.4, 0.5) is 0 Å². The molecule has 0 radical (unpaired) electrons. The highest BCUT2D eigenvalue weighted by Gasteiger charge is 1.69. The molecular formula is C6H14O3. The van der Waals surface area contributed by atoms with Gasteiger partial charge in [-0.05, 0) is 19.9 Å². The average Bonchev–Trinajstić information content (AvgIpc) is 1.66. The molecule has 0 unspecified atom stereocenters.